The Morgan fingerprint density at radius 1 is 0.962 bits per heavy atom. The predicted molar refractivity (Wildman–Crippen MR) is 114 cm³/mol. The van der Waals surface area contributed by atoms with E-state index in [1.165, 1.54) is 5.56 Å². The molecule has 1 unspecified atom stereocenters. The lowest BCUT2D eigenvalue weighted by Crippen LogP contribution is -2.05. The van der Waals surface area contributed by atoms with Crippen molar-refractivity contribution in [3.63, 3.8) is 0 Å². The van der Waals surface area contributed by atoms with Crippen molar-refractivity contribution in [2.75, 3.05) is 0 Å². The van der Waals surface area contributed by atoms with Crippen LogP contribution in [0.4, 0.5) is 0 Å². The highest BCUT2D eigenvalue weighted by atomic mass is 79.9. The molecule has 3 aromatic rings. The van der Waals surface area contributed by atoms with Crippen molar-refractivity contribution in [3.05, 3.63) is 99.0 Å². The van der Waals surface area contributed by atoms with Gasteiger partial charge >= 0.3 is 0 Å². The van der Waals surface area contributed by atoms with Crippen LogP contribution >= 0.6 is 39.3 Å². The van der Waals surface area contributed by atoms with Crippen molar-refractivity contribution >= 4 is 45.1 Å². The maximum Gasteiger partial charge on any atom is 0.164 e. The molecule has 3 rings (SSSR count). The standard InChI is InChI=1S/C22H18BrClOS/c1-15-2-4-17(5-3-15)22(26-20-12-10-19(24)11-13-20)14-21(25)16-6-8-18(23)9-7-16/h2-13,22H,14H2,1H3. The van der Waals surface area contributed by atoms with E-state index in [0.717, 1.165) is 20.5 Å². The molecule has 1 nitrogen and oxygen atoms in total. The second-order valence-corrected chi connectivity index (χ2v) is 8.73. The van der Waals surface area contributed by atoms with Crippen LogP contribution in [0.2, 0.25) is 5.02 Å². The molecule has 0 N–H and O–H groups in total. The van der Waals surface area contributed by atoms with Crippen molar-refractivity contribution in [1.29, 1.82) is 0 Å². The topological polar surface area (TPSA) is 17.1 Å². The third-order valence-electron chi connectivity index (χ3n) is 4.08. The van der Waals surface area contributed by atoms with Gasteiger partial charge in [0.15, 0.2) is 5.78 Å². The molecule has 3 aromatic carbocycles. The van der Waals surface area contributed by atoms with Crippen LogP contribution in [0.25, 0.3) is 0 Å². The molecule has 0 aliphatic rings. The van der Waals surface area contributed by atoms with Gasteiger partial charge in [0.1, 0.15) is 0 Å². The number of halogens is 2. The first-order valence-corrected chi connectivity index (χ1v) is 10.3. The fourth-order valence-electron chi connectivity index (χ4n) is 2.61. The van der Waals surface area contributed by atoms with Crippen molar-refractivity contribution in [1.82, 2.24) is 0 Å². The number of carbonyl (C=O) groups is 1. The van der Waals surface area contributed by atoms with Gasteiger partial charge in [0.25, 0.3) is 0 Å². The second kappa shape index (κ2) is 8.90. The van der Waals surface area contributed by atoms with Gasteiger partial charge in [0, 0.05) is 31.6 Å². The maximum atomic E-state index is 12.8. The first-order valence-electron chi connectivity index (χ1n) is 8.29. The molecule has 0 amide bonds. The van der Waals surface area contributed by atoms with Crippen LogP contribution in [0.1, 0.15) is 33.2 Å². The average molecular weight is 446 g/mol. The zero-order valence-electron chi connectivity index (χ0n) is 14.3. The Kier molecular flexibility index (Phi) is 6.58. The molecule has 1 atom stereocenters. The Labute approximate surface area is 171 Å². The number of Topliss-reactive ketones (excluding diaryl/α,β-unsaturated/α-hetero) is 1. The van der Waals surface area contributed by atoms with Crippen LogP contribution in [-0.4, -0.2) is 5.78 Å². The first kappa shape index (κ1) is 19.2. The van der Waals surface area contributed by atoms with Crippen LogP contribution in [-0.2, 0) is 0 Å². The van der Waals surface area contributed by atoms with Crippen LogP contribution < -0.4 is 0 Å². The second-order valence-electron chi connectivity index (χ2n) is 6.11. The van der Waals surface area contributed by atoms with Crippen molar-refractivity contribution in [3.8, 4) is 0 Å². The third-order valence-corrected chi connectivity index (χ3v) is 6.13. The van der Waals surface area contributed by atoms with Crippen molar-refractivity contribution < 1.29 is 4.79 Å². The lowest BCUT2D eigenvalue weighted by molar-refractivity contribution is 0.0982. The molecule has 0 aliphatic carbocycles. The van der Waals surface area contributed by atoms with E-state index >= 15 is 0 Å². The Hall–Kier alpha value is -1.55. The minimum absolute atomic E-state index is 0.0490. The monoisotopic (exact) mass is 444 g/mol. The lowest BCUT2D eigenvalue weighted by atomic mass is 10.0. The van der Waals surface area contributed by atoms with Crippen molar-refractivity contribution in [2.45, 2.75) is 23.5 Å². The molecule has 0 saturated carbocycles. The molecule has 26 heavy (non-hydrogen) atoms. The highest BCUT2D eigenvalue weighted by Crippen LogP contribution is 2.39. The Morgan fingerprint density at radius 2 is 1.58 bits per heavy atom. The number of carbonyl (C=O) groups excluding carboxylic acids is 1. The van der Waals surface area contributed by atoms with Crippen LogP contribution in [0.5, 0.6) is 0 Å². The summed E-state index contributed by atoms with van der Waals surface area (Å²) in [5, 5.41) is 0.764. The van der Waals surface area contributed by atoms with Crippen LogP contribution in [0.3, 0.4) is 0 Å². The average Bonchev–Trinajstić information content (AvgIpc) is 2.64. The molecule has 0 bridgehead atoms. The van der Waals surface area contributed by atoms with E-state index in [4.69, 9.17) is 11.6 Å². The number of ketones is 1. The normalized spacial score (nSPS) is 12.0. The molecule has 0 saturated heterocycles. The molecule has 0 radical (unpaired) electrons. The molecule has 0 spiro atoms. The van der Waals surface area contributed by atoms with E-state index < -0.39 is 0 Å². The predicted octanol–water partition coefficient (Wildman–Crippen LogP) is 7.52. The van der Waals surface area contributed by atoms with E-state index in [1.54, 1.807) is 11.8 Å². The number of hydrogen-bond acceptors (Lipinski definition) is 2. The Balaban J connectivity index is 1.84. The summed E-state index contributed by atoms with van der Waals surface area (Å²) in [6.45, 7) is 2.07. The summed E-state index contributed by atoms with van der Waals surface area (Å²) >= 11 is 11.1. The van der Waals surface area contributed by atoms with E-state index in [9.17, 15) is 4.79 Å². The largest absolute Gasteiger partial charge is 0.294 e. The molecular weight excluding hydrogens is 428 g/mol. The van der Waals surface area contributed by atoms with Gasteiger partial charge in [-0.1, -0.05) is 69.5 Å². The maximum absolute atomic E-state index is 12.8. The third kappa shape index (κ3) is 5.23. The van der Waals surface area contributed by atoms with Gasteiger partial charge in [-0.2, -0.15) is 0 Å². The van der Waals surface area contributed by atoms with E-state index in [1.807, 2.05) is 48.5 Å². The summed E-state index contributed by atoms with van der Waals surface area (Å²) in [6.07, 6.45) is 0.442. The number of hydrogen-bond donors (Lipinski definition) is 0. The molecule has 132 valence electrons. The van der Waals surface area contributed by atoms with Gasteiger partial charge in [0.2, 0.25) is 0 Å². The van der Waals surface area contributed by atoms with Gasteiger partial charge in [-0.05, 0) is 48.9 Å². The highest BCUT2D eigenvalue weighted by Gasteiger charge is 2.19. The number of aryl methyl sites for hydroxylation is 1. The Morgan fingerprint density at radius 3 is 2.19 bits per heavy atom. The summed E-state index contributed by atoms with van der Waals surface area (Å²) in [5.74, 6) is 0.143. The minimum atomic E-state index is 0.0490. The zero-order valence-corrected chi connectivity index (χ0v) is 17.4. The van der Waals surface area contributed by atoms with Gasteiger partial charge in [-0.25, -0.2) is 0 Å². The molecular formula is C22H18BrClOS. The highest BCUT2D eigenvalue weighted by molar-refractivity contribution is 9.10. The van der Waals surface area contributed by atoms with E-state index in [-0.39, 0.29) is 11.0 Å². The number of rotatable bonds is 6. The fourth-order valence-corrected chi connectivity index (χ4v) is 4.15. The SMILES string of the molecule is Cc1ccc(C(CC(=O)c2ccc(Br)cc2)Sc2ccc(Cl)cc2)cc1. The summed E-state index contributed by atoms with van der Waals surface area (Å²) in [7, 11) is 0. The molecule has 0 aromatic heterocycles. The van der Waals surface area contributed by atoms with Gasteiger partial charge in [-0.3, -0.25) is 4.79 Å². The fraction of sp³-hybridized carbons (Fsp3) is 0.136. The Bertz CT molecular complexity index is 874. The lowest BCUT2D eigenvalue weighted by Gasteiger charge is -2.17. The van der Waals surface area contributed by atoms with Gasteiger partial charge in [0.05, 0.1) is 0 Å². The van der Waals surface area contributed by atoms with Gasteiger partial charge < -0.3 is 0 Å². The van der Waals surface area contributed by atoms with E-state index in [2.05, 4.69) is 47.1 Å². The summed E-state index contributed by atoms with van der Waals surface area (Å²) in [4.78, 5) is 13.9. The number of benzene rings is 3. The summed E-state index contributed by atoms with van der Waals surface area (Å²) < 4.78 is 0.972. The van der Waals surface area contributed by atoms with Crippen LogP contribution in [0.15, 0.2) is 82.2 Å². The summed E-state index contributed by atoms with van der Waals surface area (Å²) in [5.41, 5.74) is 3.10. The minimum Gasteiger partial charge on any atom is -0.294 e. The van der Waals surface area contributed by atoms with Crippen molar-refractivity contribution in [2.24, 2.45) is 0 Å². The van der Waals surface area contributed by atoms with E-state index in [0.29, 0.717) is 11.4 Å². The van der Waals surface area contributed by atoms with Crippen LogP contribution in [0, 0.1) is 6.92 Å². The molecule has 0 aliphatic heterocycles. The first-order chi connectivity index (χ1) is 12.5. The van der Waals surface area contributed by atoms with Gasteiger partial charge in [-0.15, -0.1) is 11.8 Å². The zero-order chi connectivity index (χ0) is 18.5. The molecule has 0 fully saturated rings. The summed E-state index contributed by atoms with van der Waals surface area (Å²) in [6, 6.07) is 23.7. The number of thioether (sulfide) groups is 1. The quantitative estimate of drug-likeness (QED) is 0.288. The smallest absolute Gasteiger partial charge is 0.164 e. The molecule has 4 heteroatoms. The molecule has 0 heterocycles.